The lowest BCUT2D eigenvalue weighted by Gasteiger charge is -2.22. The summed E-state index contributed by atoms with van der Waals surface area (Å²) in [6.07, 6.45) is 0.589. The number of carbonyl (C=O) groups is 1. The Morgan fingerprint density at radius 2 is 1.83 bits per heavy atom. The van der Waals surface area contributed by atoms with Crippen molar-refractivity contribution in [1.29, 1.82) is 0 Å². The molecule has 3 aromatic carbocycles. The lowest BCUT2D eigenvalue weighted by atomic mass is 9.95. The molecule has 1 aliphatic heterocycles. The number of benzene rings is 3. The molecular weight excluding hydrogens is 388 g/mol. The third-order valence-corrected chi connectivity index (χ3v) is 5.40. The Morgan fingerprint density at radius 3 is 2.59 bits per heavy atom. The standard InChI is InChI=1S/C23H21ClN2O3/c1-28-21-11-10-16(12-22(21)29-2)20-13-19(25-26(20)23(27)14-24)18-9-5-7-15-6-3-4-8-17(15)18/h3-12,20H,13-14H2,1-2H3. The van der Waals surface area contributed by atoms with Gasteiger partial charge in [0.1, 0.15) is 5.88 Å². The molecular formula is C23H21ClN2O3. The topological polar surface area (TPSA) is 51.1 Å². The Kier molecular flexibility index (Phi) is 5.41. The number of hydrazone groups is 1. The third kappa shape index (κ3) is 3.54. The predicted molar refractivity (Wildman–Crippen MR) is 115 cm³/mol. The van der Waals surface area contributed by atoms with Crippen LogP contribution in [0.5, 0.6) is 11.5 Å². The first kappa shape index (κ1) is 19.3. The van der Waals surface area contributed by atoms with Gasteiger partial charge in [-0.15, -0.1) is 11.6 Å². The summed E-state index contributed by atoms with van der Waals surface area (Å²) in [6, 6.07) is 19.7. The van der Waals surface area contributed by atoms with Crippen LogP contribution < -0.4 is 9.47 Å². The van der Waals surface area contributed by atoms with Crippen LogP contribution in [-0.4, -0.2) is 36.7 Å². The Balaban J connectivity index is 1.77. The van der Waals surface area contributed by atoms with Crippen molar-refractivity contribution in [2.24, 2.45) is 5.10 Å². The van der Waals surface area contributed by atoms with Crippen LogP contribution >= 0.6 is 11.6 Å². The van der Waals surface area contributed by atoms with Gasteiger partial charge in [0, 0.05) is 12.0 Å². The Hall–Kier alpha value is -3.05. The molecule has 1 heterocycles. The van der Waals surface area contributed by atoms with Gasteiger partial charge in [0.15, 0.2) is 11.5 Å². The first-order chi connectivity index (χ1) is 14.2. The number of hydrogen-bond donors (Lipinski definition) is 0. The number of ether oxygens (including phenoxy) is 2. The number of alkyl halides is 1. The quantitative estimate of drug-likeness (QED) is 0.571. The summed E-state index contributed by atoms with van der Waals surface area (Å²) in [6.45, 7) is 0. The molecule has 0 aromatic heterocycles. The van der Waals surface area contributed by atoms with E-state index in [9.17, 15) is 4.79 Å². The van der Waals surface area contributed by atoms with Gasteiger partial charge in [-0.25, -0.2) is 5.01 Å². The van der Waals surface area contributed by atoms with Crippen LogP contribution in [0.1, 0.15) is 23.6 Å². The van der Waals surface area contributed by atoms with E-state index in [-0.39, 0.29) is 17.8 Å². The lowest BCUT2D eigenvalue weighted by Crippen LogP contribution is -2.28. The van der Waals surface area contributed by atoms with Crippen LogP contribution in [0.3, 0.4) is 0 Å². The Bertz CT molecular complexity index is 1090. The molecule has 0 spiro atoms. The number of methoxy groups -OCH3 is 2. The highest BCUT2D eigenvalue weighted by atomic mass is 35.5. The van der Waals surface area contributed by atoms with Crippen molar-refractivity contribution < 1.29 is 14.3 Å². The maximum Gasteiger partial charge on any atom is 0.258 e. The van der Waals surface area contributed by atoms with Crippen molar-refractivity contribution >= 4 is 34.0 Å². The maximum absolute atomic E-state index is 12.5. The first-order valence-electron chi connectivity index (χ1n) is 9.31. The fraction of sp³-hybridized carbons (Fsp3) is 0.217. The number of amides is 1. The van der Waals surface area contributed by atoms with Gasteiger partial charge in [-0.3, -0.25) is 4.79 Å². The minimum Gasteiger partial charge on any atom is -0.493 e. The summed E-state index contributed by atoms with van der Waals surface area (Å²) in [5, 5.41) is 8.42. The van der Waals surface area contributed by atoms with Gasteiger partial charge < -0.3 is 9.47 Å². The summed E-state index contributed by atoms with van der Waals surface area (Å²) in [5.74, 6) is 0.888. The highest BCUT2D eigenvalue weighted by Gasteiger charge is 2.33. The van der Waals surface area contributed by atoms with Crippen LogP contribution in [0, 0.1) is 0 Å². The molecule has 1 unspecified atom stereocenters. The van der Waals surface area contributed by atoms with Gasteiger partial charge in [-0.2, -0.15) is 5.10 Å². The zero-order valence-corrected chi connectivity index (χ0v) is 17.0. The lowest BCUT2D eigenvalue weighted by molar-refractivity contribution is -0.130. The normalized spacial score (nSPS) is 16.0. The van der Waals surface area contributed by atoms with Gasteiger partial charge in [0.2, 0.25) is 0 Å². The van der Waals surface area contributed by atoms with Crippen LogP contribution in [0.15, 0.2) is 65.8 Å². The van der Waals surface area contributed by atoms with Crippen molar-refractivity contribution in [3.63, 3.8) is 0 Å². The van der Waals surface area contributed by atoms with Gasteiger partial charge in [-0.05, 0) is 28.5 Å². The molecule has 0 N–H and O–H groups in total. The third-order valence-electron chi connectivity index (χ3n) is 5.17. The number of rotatable bonds is 5. The van der Waals surface area contributed by atoms with E-state index < -0.39 is 0 Å². The van der Waals surface area contributed by atoms with Crippen LogP contribution in [-0.2, 0) is 4.79 Å². The fourth-order valence-corrected chi connectivity index (χ4v) is 3.88. The van der Waals surface area contributed by atoms with E-state index in [1.807, 2.05) is 42.5 Å². The monoisotopic (exact) mass is 408 g/mol. The van der Waals surface area contributed by atoms with E-state index in [2.05, 4.69) is 23.3 Å². The molecule has 0 bridgehead atoms. The predicted octanol–water partition coefficient (Wildman–Crippen LogP) is 4.77. The number of halogens is 1. The van der Waals surface area contributed by atoms with E-state index in [0.717, 1.165) is 27.6 Å². The Morgan fingerprint density at radius 1 is 1.07 bits per heavy atom. The van der Waals surface area contributed by atoms with E-state index in [0.29, 0.717) is 17.9 Å². The molecule has 6 heteroatoms. The molecule has 1 amide bonds. The molecule has 29 heavy (non-hydrogen) atoms. The summed E-state index contributed by atoms with van der Waals surface area (Å²) in [5.41, 5.74) is 2.80. The van der Waals surface area contributed by atoms with Crippen molar-refractivity contribution in [3.8, 4) is 11.5 Å². The Labute approximate surface area is 174 Å². The molecule has 3 aromatic rings. The van der Waals surface area contributed by atoms with E-state index in [4.69, 9.17) is 21.1 Å². The zero-order valence-electron chi connectivity index (χ0n) is 16.3. The molecule has 0 aliphatic carbocycles. The number of hydrogen-bond acceptors (Lipinski definition) is 4. The van der Waals surface area contributed by atoms with E-state index in [1.165, 1.54) is 5.01 Å². The number of fused-ring (bicyclic) bond motifs is 1. The number of nitrogens with zero attached hydrogens (tertiary/aromatic N) is 2. The summed E-state index contributed by atoms with van der Waals surface area (Å²) < 4.78 is 10.8. The van der Waals surface area contributed by atoms with Crippen molar-refractivity contribution in [2.75, 3.05) is 20.1 Å². The van der Waals surface area contributed by atoms with Crippen molar-refractivity contribution in [2.45, 2.75) is 12.5 Å². The molecule has 0 fully saturated rings. The largest absolute Gasteiger partial charge is 0.493 e. The summed E-state index contributed by atoms with van der Waals surface area (Å²) in [4.78, 5) is 12.5. The highest BCUT2D eigenvalue weighted by Crippen LogP contribution is 2.38. The van der Waals surface area contributed by atoms with Gasteiger partial charge >= 0.3 is 0 Å². The summed E-state index contributed by atoms with van der Waals surface area (Å²) in [7, 11) is 3.19. The molecule has 0 radical (unpaired) electrons. The van der Waals surface area contributed by atoms with Gasteiger partial charge in [-0.1, -0.05) is 48.5 Å². The molecule has 0 saturated carbocycles. The molecule has 5 nitrogen and oxygen atoms in total. The van der Waals surface area contributed by atoms with Crippen LogP contribution in [0.4, 0.5) is 0 Å². The minimum absolute atomic E-state index is 0.129. The average molecular weight is 409 g/mol. The highest BCUT2D eigenvalue weighted by molar-refractivity contribution is 6.27. The minimum atomic E-state index is -0.255. The van der Waals surface area contributed by atoms with E-state index >= 15 is 0 Å². The van der Waals surface area contributed by atoms with Crippen molar-refractivity contribution in [1.82, 2.24) is 5.01 Å². The second kappa shape index (κ2) is 8.13. The molecule has 148 valence electrons. The molecule has 1 aliphatic rings. The second-order valence-electron chi connectivity index (χ2n) is 6.78. The van der Waals surface area contributed by atoms with Crippen LogP contribution in [0.2, 0.25) is 0 Å². The fourth-order valence-electron chi connectivity index (χ4n) is 3.76. The first-order valence-corrected chi connectivity index (χ1v) is 9.85. The van der Waals surface area contributed by atoms with Gasteiger partial charge in [0.05, 0.1) is 26.0 Å². The zero-order chi connectivity index (χ0) is 20.4. The second-order valence-corrected chi connectivity index (χ2v) is 7.05. The number of carbonyl (C=O) groups excluding carboxylic acids is 1. The smallest absolute Gasteiger partial charge is 0.258 e. The molecule has 4 rings (SSSR count). The maximum atomic E-state index is 12.5. The molecule has 0 saturated heterocycles. The SMILES string of the molecule is COc1ccc(C2CC(c3cccc4ccccc34)=NN2C(=O)CCl)cc1OC. The van der Waals surface area contributed by atoms with Crippen molar-refractivity contribution in [3.05, 3.63) is 71.8 Å². The van der Waals surface area contributed by atoms with E-state index in [1.54, 1.807) is 14.2 Å². The van der Waals surface area contributed by atoms with Gasteiger partial charge in [0.25, 0.3) is 5.91 Å². The summed E-state index contributed by atoms with van der Waals surface area (Å²) >= 11 is 5.87. The average Bonchev–Trinajstić information content (AvgIpc) is 3.23. The van der Waals surface area contributed by atoms with Crippen LogP contribution in [0.25, 0.3) is 10.8 Å². The molecule has 1 atom stereocenters.